The second kappa shape index (κ2) is 8.01. The zero-order valence-electron chi connectivity index (χ0n) is 18.8. The molecule has 4 atom stereocenters. The van der Waals surface area contributed by atoms with Gasteiger partial charge in [-0.25, -0.2) is 0 Å². The van der Waals surface area contributed by atoms with Crippen molar-refractivity contribution in [3.05, 3.63) is 46.6 Å². The van der Waals surface area contributed by atoms with E-state index in [4.69, 9.17) is 39.5 Å². The third-order valence-electron chi connectivity index (χ3n) is 7.25. The molecule has 1 fully saturated rings. The highest BCUT2D eigenvalue weighted by molar-refractivity contribution is 6.45. The van der Waals surface area contributed by atoms with Crippen LogP contribution in [-0.2, 0) is 11.2 Å². The van der Waals surface area contributed by atoms with Crippen molar-refractivity contribution in [1.29, 1.82) is 0 Å². The molecule has 2 N–H and O–H groups in total. The quantitative estimate of drug-likeness (QED) is 0.336. The van der Waals surface area contributed by atoms with Crippen molar-refractivity contribution < 1.29 is 24.5 Å². The standard InChI is InChI=1S/C25H27Cl3O5/c1-12-5-6-16(26)13(2)9-14-17(29)10-15-19(20(14)30)22(32)24(28)11-18(27)23(3,4)33-25(24,8-7-12)21(15)31/h7,10,16,18,29-30H,2,5-6,8-9,11H2,1,3-4H3/b12-7-/t16?,18-,24+,25+/m1/s1. The summed E-state index contributed by atoms with van der Waals surface area (Å²) in [6.45, 7) is 9.45. The van der Waals surface area contributed by atoms with E-state index >= 15 is 0 Å². The van der Waals surface area contributed by atoms with Crippen molar-refractivity contribution in [2.45, 2.75) is 79.7 Å². The molecule has 1 aromatic carbocycles. The first-order chi connectivity index (χ1) is 15.2. The van der Waals surface area contributed by atoms with Gasteiger partial charge in [0, 0.05) is 24.0 Å². The van der Waals surface area contributed by atoms with Crippen LogP contribution < -0.4 is 0 Å². The maximum atomic E-state index is 14.0. The van der Waals surface area contributed by atoms with Crippen LogP contribution in [0.2, 0.25) is 0 Å². The first kappa shape index (κ1) is 24.6. The van der Waals surface area contributed by atoms with Gasteiger partial charge in [0.05, 0.1) is 21.9 Å². The normalized spacial score (nSPS) is 35.7. The van der Waals surface area contributed by atoms with Crippen LogP contribution in [-0.4, -0.2) is 48.6 Å². The van der Waals surface area contributed by atoms with Gasteiger partial charge < -0.3 is 14.9 Å². The van der Waals surface area contributed by atoms with E-state index in [9.17, 15) is 19.8 Å². The Morgan fingerprint density at radius 2 is 1.85 bits per heavy atom. The van der Waals surface area contributed by atoms with Gasteiger partial charge in [0.15, 0.2) is 17.2 Å². The van der Waals surface area contributed by atoms with E-state index in [1.165, 1.54) is 6.07 Å². The van der Waals surface area contributed by atoms with Crippen molar-refractivity contribution in [2.75, 3.05) is 0 Å². The highest BCUT2D eigenvalue weighted by Gasteiger charge is 2.70. The number of phenols is 2. The summed E-state index contributed by atoms with van der Waals surface area (Å²) < 4.78 is 6.35. The van der Waals surface area contributed by atoms with Gasteiger partial charge in [-0.05, 0) is 46.1 Å². The van der Waals surface area contributed by atoms with Crippen molar-refractivity contribution >= 4 is 46.4 Å². The topological polar surface area (TPSA) is 83.8 Å². The Morgan fingerprint density at radius 1 is 1.18 bits per heavy atom. The van der Waals surface area contributed by atoms with Crippen LogP contribution in [0.4, 0.5) is 0 Å². The molecular weight excluding hydrogens is 487 g/mol. The molecule has 0 amide bonds. The number of hydrogen-bond donors (Lipinski definition) is 2. The number of phenolic OH excluding ortho intramolecular Hbond substituents is 2. The predicted molar refractivity (Wildman–Crippen MR) is 129 cm³/mol. The van der Waals surface area contributed by atoms with Crippen LogP contribution in [0.3, 0.4) is 0 Å². The molecule has 0 radical (unpaired) electrons. The molecule has 1 saturated heterocycles. The predicted octanol–water partition coefficient (Wildman–Crippen LogP) is 5.84. The van der Waals surface area contributed by atoms with E-state index in [1.54, 1.807) is 13.8 Å². The third-order valence-corrected chi connectivity index (χ3v) is 9.09. The zero-order valence-corrected chi connectivity index (χ0v) is 21.1. The van der Waals surface area contributed by atoms with Gasteiger partial charge >= 0.3 is 0 Å². The summed E-state index contributed by atoms with van der Waals surface area (Å²) in [5.74, 6) is -2.00. The van der Waals surface area contributed by atoms with E-state index in [0.717, 1.165) is 5.57 Å². The van der Waals surface area contributed by atoms with Gasteiger partial charge in [-0.1, -0.05) is 23.8 Å². The largest absolute Gasteiger partial charge is 0.507 e. The summed E-state index contributed by atoms with van der Waals surface area (Å²) in [4.78, 5) is 26.1. The van der Waals surface area contributed by atoms with Crippen LogP contribution in [0.5, 0.6) is 11.5 Å². The van der Waals surface area contributed by atoms with E-state index < -0.39 is 44.1 Å². The van der Waals surface area contributed by atoms with E-state index in [2.05, 4.69) is 6.58 Å². The third kappa shape index (κ3) is 3.54. The lowest BCUT2D eigenvalue weighted by Crippen LogP contribution is -2.72. The van der Waals surface area contributed by atoms with E-state index in [-0.39, 0.29) is 41.7 Å². The van der Waals surface area contributed by atoms with Gasteiger partial charge in [0.25, 0.3) is 0 Å². The van der Waals surface area contributed by atoms with E-state index in [1.807, 2.05) is 13.0 Å². The lowest BCUT2D eigenvalue weighted by molar-refractivity contribution is -0.157. The Bertz CT molecular complexity index is 1110. The SMILES string of the molecule is C=C1Cc2c(O)cc3c(c2O)C(=O)[C@@]2(Cl)C[C@@H](Cl)C(C)(C)O[C@@]2(C/C=C(/C)CCC1Cl)C3=O. The molecule has 4 aliphatic carbocycles. The maximum absolute atomic E-state index is 14.0. The van der Waals surface area contributed by atoms with Gasteiger partial charge in [0.1, 0.15) is 16.4 Å². The number of halogens is 3. The molecule has 178 valence electrons. The number of alkyl halides is 3. The fourth-order valence-corrected chi connectivity index (χ4v) is 6.05. The van der Waals surface area contributed by atoms with E-state index in [0.29, 0.717) is 18.4 Å². The maximum Gasteiger partial charge on any atom is 0.198 e. The molecule has 1 heterocycles. The minimum Gasteiger partial charge on any atom is -0.507 e. The second-order valence-electron chi connectivity index (χ2n) is 9.90. The number of fused-ring (bicyclic) bond motifs is 1. The van der Waals surface area contributed by atoms with Gasteiger partial charge in [-0.15, -0.1) is 34.8 Å². The molecule has 4 bridgehead atoms. The fourth-order valence-electron chi connectivity index (χ4n) is 5.06. The Labute approximate surface area is 208 Å². The number of ether oxygens (including phenoxy) is 1. The molecule has 5 nitrogen and oxygen atoms in total. The van der Waals surface area contributed by atoms with Crippen molar-refractivity contribution in [2.24, 2.45) is 0 Å². The molecule has 1 unspecified atom stereocenters. The lowest BCUT2D eigenvalue weighted by Gasteiger charge is -2.56. The van der Waals surface area contributed by atoms with Crippen molar-refractivity contribution in [1.82, 2.24) is 0 Å². The average molecular weight is 514 g/mol. The fraction of sp³-hybridized carbons (Fsp3) is 0.520. The number of carbonyl (C=O) groups excluding carboxylic acids is 2. The van der Waals surface area contributed by atoms with Crippen molar-refractivity contribution in [3.63, 3.8) is 0 Å². The number of rotatable bonds is 0. The van der Waals surface area contributed by atoms with Crippen LogP contribution in [0, 0.1) is 0 Å². The Kier molecular flexibility index (Phi) is 5.97. The van der Waals surface area contributed by atoms with Crippen LogP contribution >= 0.6 is 34.8 Å². The minimum atomic E-state index is -1.82. The molecule has 1 aromatic rings. The zero-order chi connectivity index (χ0) is 24.5. The van der Waals surface area contributed by atoms with Crippen LogP contribution in [0.25, 0.3) is 0 Å². The number of hydrogen-bond acceptors (Lipinski definition) is 5. The summed E-state index contributed by atoms with van der Waals surface area (Å²) in [5.41, 5.74) is -1.40. The molecular formula is C25H27Cl3O5. The summed E-state index contributed by atoms with van der Waals surface area (Å²) >= 11 is 20.1. The highest BCUT2D eigenvalue weighted by atomic mass is 35.5. The second-order valence-corrected chi connectivity index (χ2v) is 11.6. The van der Waals surface area contributed by atoms with Gasteiger partial charge in [-0.3, -0.25) is 9.59 Å². The molecule has 1 aliphatic heterocycles. The number of carbonyl (C=O) groups is 2. The Hall–Kier alpha value is -1.53. The number of aromatic hydroxyl groups is 2. The molecule has 1 spiro atoms. The minimum absolute atomic E-state index is 0.0217. The summed E-state index contributed by atoms with van der Waals surface area (Å²) in [6.07, 6.45) is 3.12. The first-order valence-corrected chi connectivity index (χ1v) is 12.2. The number of ketones is 2. The molecule has 6 rings (SSSR count). The molecule has 33 heavy (non-hydrogen) atoms. The van der Waals surface area contributed by atoms with Gasteiger partial charge in [0.2, 0.25) is 0 Å². The molecule has 8 heteroatoms. The Balaban J connectivity index is 2.05. The summed E-state index contributed by atoms with van der Waals surface area (Å²) in [6, 6.07) is 1.21. The number of benzene rings is 1. The smallest absolute Gasteiger partial charge is 0.198 e. The summed E-state index contributed by atoms with van der Waals surface area (Å²) in [7, 11) is 0. The Morgan fingerprint density at radius 3 is 2.52 bits per heavy atom. The number of Topliss-reactive ketones (excluding diaryl/α,β-unsaturated/α-hetero) is 2. The van der Waals surface area contributed by atoms with Crippen LogP contribution in [0.15, 0.2) is 29.9 Å². The average Bonchev–Trinajstić information content (AvgIpc) is 2.73. The van der Waals surface area contributed by atoms with Crippen LogP contribution in [0.1, 0.15) is 72.7 Å². The monoisotopic (exact) mass is 512 g/mol. The van der Waals surface area contributed by atoms with Gasteiger partial charge in [-0.2, -0.15) is 0 Å². The molecule has 5 aliphatic rings. The lowest BCUT2D eigenvalue weighted by atomic mass is 9.63. The number of allylic oxidation sites excluding steroid dienone is 2. The first-order valence-electron chi connectivity index (χ1n) is 10.9. The highest BCUT2D eigenvalue weighted by Crippen LogP contribution is 2.57. The summed E-state index contributed by atoms with van der Waals surface area (Å²) in [5, 5.41) is 20.8. The molecule has 0 saturated carbocycles. The molecule has 0 aromatic heterocycles. The van der Waals surface area contributed by atoms with Crippen molar-refractivity contribution in [3.8, 4) is 11.5 Å².